The molecule has 0 saturated carbocycles. The Balaban J connectivity index is 1.67. The quantitative estimate of drug-likeness (QED) is 0.0893. The lowest BCUT2D eigenvalue weighted by molar-refractivity contribution is -0.879. The molecule has 0 bridgehead atoms. The van der Waals surface area contributed by atoms with Crippen LogP contribution >= 0.6 is 0 Å². The van der Waals surface area contributed by atoms with E-state index in [-0.39, 0.29) is 89.6 Å². The highest BCUT2D eigenvalue weighted by molar-refractivity contribution is 6.58. The molecule has 1 aliphatic rings. The van der Waals surface area contributed by atoms with Crippen molar-refractivity contribution in [2.45, 2.75) is 6.42 Å². The van der Waals surface area contributed by atoms with Crippen LogP contribution in [0.3, 0.4) is 0 Å². The Kier molecular flexibility index (Phi) is 13.3. The number of benzene rings is 2. The molecule has 240 valence electrons. The molecule has 8 N–H and O–H groups in total. The molecule has 0 unspecified atom stereocenters. The van der Waals surface area contributed by atoms with Gasteiger partial charge in [-0.25, -0.2) is 15.0 Å². The maximum absolute atomic E-state index is 12.6. The molecule has 0 radical (unpaired) electrons. The van der Waals surface area contributed by atoms with Gasteiger partial charge in [0.2, 0.25) is 5.78 Å². The molecule has 0 fully saturated rings. The van der Waals surface area contributed by atoms with Gasteiger partial charge in [-0.15, -0.1) is 0 Å². The number of hydroxylamine groups is 6. The monoisotopic (exact) mass is 614 g/mol. The summed E-state index contributed by atoms with van der Waals surface area (Å²) < 4.78 is -1.38. The van der Waals surface area contributed by atoms with Gasteiger partial charge in [0.05, 0.1) is 76.1 Å². The van der Waals surface area contributed by atoms with Crippen molar-refractivity contribution < 1.29 is 34.5 Å². The van der Waals surface area contributed by atoms with Gasteiger partial charge < -0.3 is 56.5 Å². The number of aliphatic imine (C=N–C) groups is 3. The van der Waals surface area contributed by atoms with Crippen LogP contribution < -0.4 is 16.4 Å². The SMILES string of the molecule is NC1=NC(=Nc2ccc(NCC[N+]([O-])(CCO)CCO)cc2)C(=Nc2ccc(NCC[N+]([O-])(CCO)CCO)cc2)CC1=O. The van der Waals surface area contributed by atoms with Gasteiger partial charge in [-0.2, -0.15) is 0 Å². The Hall–Kier alpha value is -3.80. The summed E-state index contributed by atoms with van der Waals surface area (Å²) in [5, 5.41) is 68.0. The second kappa shape index (κ2) is 16.9. The molecule has 3 rings (SSSR count). The zero-order valence-electron chi connectivity index (χ0n) is 24.6. The van der Waals surface area contributed by atoms with E-state index in [2.05, 4.69) is 25.6 Å². The number of aliphatic hydroxyl groups is 4. The highest BCUT2D eigenvalue weighted by Gasteiger charge is 2.23. The van der Waals surface area contributed by atoms with Crippen LogP contribution in [-0.4, -0.2) is 132 Å². The van der Waals surface area contributed by atoms with Gasteiger partial charge in [0.15, 0.2) is 11.7 Å². The number of quaternary nitrogens is 2. The number of anilines is 2. The molecule has 0 atom stereocenters. The summed E-state index contributed by atoms with van der Waals surface area (Å²) in [4.78, 5) is 25.6. The predicted octanol–water partition coefficient (Wildman–Crippen LogP) is 0.242. The molecule has 2 aromatic carbocycles. The summed E-state index contributed by atoms with van der Waals surface area (Å²) in [6.45, 7) is 0.0647. The van der Waals surface area contributed by atoms with Crippen LogP contribution in [0.2, 0.25) is 0 Å². The van der Waals surface area contributed by atoms with Crippen LogP contribution in [0.4, 0.5) is 22.7 Å². The summed E-state index contributed by atoms with van der Waals surface area (Å²) in [5.41, 5.74) is 8.77. The number of carbonyl (C=O) groups excluding carboxylic acids is 1. The minimum absolute atomic E-state index is 0.0100. The summed E-state index contributed by atoms with van der Waals surface area (Å²) in [6.07, 6.45) is -0.0656. The topological polar surface area (TPSA) is 231 Å². The number of nitrogens with zero attached hydrogens (tertiary/aromatic N) is 5. The average Bonchev–Trinajstić information content (AvgIpc) is 2.98. The van der Waals surface area contributed by atoms with Crippen molar-refractivity contribution >= 4 is 45.9 Å². The Bertz CT molecular complexity index is 1290. The predicted molar refractivity (Wildman–Crippen MR) is 170 cm³/mol. The van der Waals surface area contributed by atoms with Gasteiger partial charge >= 0.3 is 0 Å². The van der Waals surface area contributed by atoms with Crippen molar-refractivity contribution in [2.24, 2.45) is 20.7 Å². The maximum atomic E-state index is 12.6. The standard InChI is InChI=1S/C29H42N8O7/c30-28-27(42)21-26(33-24-5-1-22(2-6-24)31-9-11-36(43,13-17-38)14-18-39)29(35-28)34-25-7-3-23(4-8-25)32-10-12-37(44,15-19-40)16-20-41/h1-8,31-32,38-41H,9-21H2,(H2,30,34,35). The first-order valence-electron chi connectivity index (χ1n) is 14.4. The van der Waals surface area contributed by atoms with Crippen LogP contribution in [0.25, 0.3) is 0 Å². The van der Waals surface area contributed by atoms with E-state index in [4.69, 9.17) is 26.2 Å². The molecule has 0 spiro atoms. The third kappa shape index (κ3) is 10.7. The van der Waals surface area contributed by atoms with E-state index in [0.29, 0.717) is 30.2 Å². The lowest BCUT2D eigenvalue weighted by Gasteiger charge is -2.42. The van der Waals surface area contributed by atoms with Crippen LogP contribution in [0.15, 0.2) is 63.5 Å². The van der Waals surface area contributed by atoms with Crippen LogP contribution in [0.1, 0.15) is 6.42 Å². The Morgan fingerprint density at radius 1 is 0.705 bits per heavy atom. The number of rotatable bonds is 18. The minimum Gasteiger partial charge on any atom is -0.633 e. The number of amidine groups is 2. The zero-order chi connectivity index (χ0) is 32.0. The van der Waals surface area contributed by atoms with Crippen molar-refractivity contribution in [3.8, 4) is 0 Å². The fourth-order valence-corrected chi connectivity index (χ4v) is 4.54. The lowest BCUT2D eigenvalue weighted by Crippen LogP contribution is -2.49. The van der Waals surface area contributed by atoms with Gasteiger partial charge in [0, 0.05) is 11.4 Å². The molecule has 0 aromatic heterocycles. The van der Waals surface area contributed by atoms with Gasteiger partial charge in [-0.05, 0) is 48.5 Å². The second-order valence-corrected chi connectivity index (χ2v) is 10.4. The molecule has 1 aliphatic heterocycles. The summed E-state index contributed by atoms with van der Waals surface area (Å²) in [5.74, 6) is -0.301. The molecular weight excluding hydrogens is 572 g/mol. The van der Waals surface area contributed by atoms with Crippen LogP contribution in [-0.2, 0) is 4.79 Å². The van der Waals surface area contributed by atoms with Crippen molar-refractivity contribution in [2.75, 3.05) is 89.4 Å². The third-order valence-electron chi connectivity index (χ3n) is 7.06. The Labute approximate surface area is 256 Å². The third-order valence-corrected chi connectivity index (χ3v) is 7.06. The normalized spacial score (nSPS) is 16.0. The molecule has 15 heteroatoms. The van der Waals surface area contributed by atoms with Gasteiger partial charge in [0.1, 0.15) is 26.2 Å². The first kappa shape index (κ1) is 34.7. The van der Waals surface area contributed by atoms with E-state index in [1.807, 2.05) is 0 Å². The summed E-state index contributed by atoms with van der Waals surface area (Å²) in [6, 6.07) is 14.1. The molecule has 15 nitrogen and oxygen atoms in total. The number of carbonyl (C=O) groups is 1. The van der Waals surface area contributed by atoms with E-state index >= 15 is 0 Å². The molecule has 0 saturated heterocycles. The Morgan fingerprint density at radius 2 is 1.11 bits per heavy atom. The molecular formula is C29H42N8O7. The number of aliphatic hydroxyl groups excluding tert-OH is 4. The largest absolute Gasteiger partial charge is 0.633 e. The van der Waals surface area contributed by atoms with E-state index in [9.17, 15) is 15.2 Å². The first-order chi connectivity index (χ1) is 21.1. The van der Waals surface area contributed by atoms with Crippen molar-refractivity contribution in [1.29, 1.82) is 0 Å². The molecule has 0 amide bonds. The van der Waals surface area contributed by atoms with Crippen molar-refractivity contribution in [3.63, 3.8) is 0 Å². The van der Waals surface area contributed by atoms with E-state index < -0.39 is 9.29 Å². The first-order valence-corrected chi connectivity index (χ1v) is 14.4. The van der Waals surface area contributed by atoms with E-state index in [1.165, 1.54) is 0 Å². The van der Waals surface area contributed by atoms with Crippen LogP contribution in [0, 0.1) is 10.4 Å². The smallest absolute Gasteiger partial charge is 0.203 e. The van der Waals surface area contributed by atoms with Gasteiger partial charge in [-0.1, -0.05) is 0 Å². The van der Waals surface area contributed by atoms with Crippen molar-refractivity contribution in [3.05, 3.63) is 58.9 Å². The van der Waals surface area contributed by atoms with E-state index in [1.54, 1.807) is 48.5 Å². The number of Topliss-reactive ketones (excluding diaryl/α,β-unsaturated/α-hetero) is 1. The lowest BCUT2D eigenvalue weighted by atomic mass is 10.1. The summed E-state index contributed by atoms with van der Waals surface area (Å²) in [7, 11) is 0. The maximum Gasteiger partial charge on any atom is 0.203 e. The highest BCUT2D eigenvalue weighted by Crippen LogP contribution is 2.21. The number of hydrogen-bond donors (Lipinski definition) is 7. The Morgan fingerprint density at radius 3 is 1.52 bits per heavy atom. The highest BCUT2D eigenvalue weighted by atomic mass is 16.6. The zero-order valence-corrected chi connectivity index (χ0v) is 24.6. The summed E-state index contributed by atoms with van der Waals surface area (Å²) >= 11 is 0. The van der Waals surface area contributed by atoms with Gasteiger partial charge in [-0.3, -0.25) is 4.79 Å². The van der Waals surface area contributed by atoms with E-state index in [0.717, 1.165) is 11.4 Å². The fourth-order valence-electron chi connectivity index (χ4n) is 4.54. The molecule has 1 heterocycles. The molecule has 2 aromatic rings. The number of ketones is 1. The molecule has 44 heavy (non-hydrogen) atoms. The molecule has 0 aliphatic carbocycles. The minimum atomic E-state index is -0.691. The second-order valence-electron chi connectivity index (χ2n) is 10.4. The van der Waals surface area contributed by atoms with Crippen molar-refractivity contribution in [1.82, 2.24) is 0 Å². The number of hydrogen-bond acceptors (Lipinski definition) is 12. The van der Waals surface area contributed by atoms with Gasteiger partial charge in [0.25, 0.3) is 0 Å². The van der Waals surface area contributed by atoms with Crippen LogP contribution in [0.5, 0.6) is 0 Å². The number of nitrogens with one attached hydrogen (secondary N) is 2. The fraction of sp³-hybridized carbons (Fsp3) is 0.448. The number of nitrogens with two attached hydrogens (primary N) is 1. The average molecular weight is 615 g/mol.